The van der Waals surface area contributed by atoms with E-state index in [1.807, 2.05) is 0 Å². The van der Waals surface area contributed by atoms with Crippen LogP contribution in [0.4, 0.5) is 0 Å². The molecule has 0 aliphatic carbocycles. The largest absolute Gasteiger partial charge is 0.380 e. The Hall–Kier alpha value is -0.0900. The Bertz CT molecular complexity index is 225. The number of hydrogen-bond acceptors (Lipinski definition) is 2. The van der Waals surface area contributed by atoms with Crippen LogP contribution in [-0.4, -0.2) is 17.3 Å². The summed E-state index contributed by atoms with van der Waals surface area (Å²) < 4.78 is 5.14. The van der Waals surface area contributed by atoms with Gasteiger partial charge in [0.1, 0.15) is 6.10 Å². The van der Waals surface area contributed by atoms with Crippen molar-refractivity contribution in [1.82, 2.24) is 0 Å². The number of hydrogen-bond donors (Lipinski definition) is 1. The van der Waals surface area contributed by atoms with Crippen LogP contribution in [0.1, 0.15) is 65.2 Å². The van der Waals surface area contributed by atoms with Crippen LogP contribution in [0, 0.1) is 18.3 Å². The highest BCUT2D eigenvalue weighted by Gasteiger charge is 2.15. The minimum Gasteiger partial charge on any atom is -0.380 e. The molecule has 0 bridgehead atoms. The SMILES string of the molecule is C#CC(O)C(CCCC)CCCCCC(C)OP. The van der Waals surface area contributed by atoms with Crippen molar-refractivity contribution < 1.29 is 9.63 Å². The van der Waals surface area contributed by atoms with E-state index in [4.69, 9.17) is 10.9 Å². The van der Waals surface area contributed by atoms with Crippen molar-refractivity contribution in [2.75, 3.05) is 0 Å². The van der Waals surface area contributed by atoms with Gasteiger partial charge >= 0.3 is 0 Å². The number of aliphatic hydroxyl groups is 1. The van der Waals surface area contributed by atoms with E-state index in [0.29, 0.717) is 6.10 Å². The van der Waals surface area contributed by atoms with Gasteiger partial charge in [-0.05, 0) is 32.1 Å². The number of unbranched alkanes of at least 4 members (excludes halogenated alkanes) is 3. The van der Waals surface area contributed by atoms with Crippen LogP contribution in [0.3, 0.4) is 0 Å². The van der Waals surface area contributed by atoms with Crippen molar-refractivity contribution in [2.45, 2.75) is 77.4 Å². The van der Waals surface area contributed by atoms with E-state index in [-0.39, 0.29) is 5.92 Å². The lowest BCUT2D eigenvalue weighted by molar-refractivity contribution is 0.144. The normalized spacial score (nSPS) is 15.9. The van der Waals surface area contributed by atoms with E-state index in [1.165, 1.54) is 12.8 Å². The highest BCUT2D eigenvalue weighted by Crippen LogP contribution is 2.21. The molecule has 0 fully saturated rings. The Morgan fingerprint density at radius 1 is 1.17 bits per heavy atom. The second kappa shape index (κ2) is 12.0. The van der Waals surface area contributed by atoms with Crippen LogP contribution in [0.25, 0.3) is 0 Å². The molecule has 0 aliphatic rings. The average molecular weight is 272 g/mol. The molecule has 0 aromatic carbocycles. The summed E-state index contributed by atoms with van der Waals surface area (Å²) in [7, 11) is 2.31. The maximum absolute atomic E-state index is 9.77. The fourth-order valence-corrected chi connectivity index (χ4v) is 2.28. The lowest BCUT2D eigenvalue weighted by Gasteiger charge is -2.19. The van der Waals surface area contributed by atoms with Crippen molar-refractivity contribution in [3.63, 3.8) is 0 Å². The van der Waals surface area contributed by atoms with Gasteiger partial charge in [-0.25, -0.2) is 0 Å². The molecule has 0 aromatic rings. The lowest BCUT2D eigenvalue weighted by Crippen LogP contribution is -2.18. The predicted octanol–water partition coefficient (Wildman–Crippen LogP) is 3.93. The van der Waals surface area contributed by atoms with Crippen LogP contribution in [0.5, 0.6) is 0 Å². The van der Waals surface area contributed by atoms with Crippen molar-refractivity contribution >= 4 is 9.47 Å². The molecule has 0 aliphatic heterocycles. The molecule has 3 heteroatoms. The van der Waals surface area contributed by atoms with E-state index >= 15 is 0 Å². The van der Waals surface area contributed by atoms with Gasteiger partial charge in [0.2, 0.25) is 0 Å². The topological polar surface area (TPSA) is 29.5 Å². The maximum Gasteiger partial charge on any atom is 0.117 e. The Morgan fingerprint density at radius 3 is 2.33 bits per heavy atom. The molecule has 0 rings (SSSR count). The first-order valence-corrected chi connectivity index (χ1v) is 7.62. The summed E-state index contributed by atoms with van der Waals surface area (Å²) in [5.74, 6) is 2.76. The monoisotopic (exact) mass is 272 g/mol. The van der Waals surface area contributed by atoms with Gasteiger partial charge in [0.15, 0.2) is 0 Å². The van der Waals surface area contributed by atoms with Crippen LogP contribution in [0.15, 0.2) is 0 Å². The van der Waals surface area contributed by atoms with Crippen molar-refractivity contribution in [2.24, 2.45) is 5.92 Å². The van der Waals surface area contributed by atoms with Gasteiger partial charge in [-0.3, -0.25) is 0 Å². The van der Waals surface area contributed by atoms with Gasteiger partial charge in [-0.15, -0.1) is 6.42 Å². The number of rotatable bonds is 11. The Morgan fingerprint density at radius 2 is 1.78 bits per heavy atom. The van der Waals surface area contributed by atoms with E-state index in [2.05, 4.69) is 29.2 Å². The fraction of sp³-hybridized carbons (Fsp3) is 0.867. The second-order valence-corrected chi connectivity index (χ2v) is 5.37. The van der Waals surface area contributed by atoms with Gasteiger partial charge in [0.25, 0.3) is 0 Å². The van der Waals surface area contributed by atoms with Crippen LogP contribution >= 0.6 is 9.47 Å². The van der Waals surface area contributed by atoms with Gasteiger partial charge in [-0.2, -0.15) is 0 Å². The van der Waals surface area contributed by atoms with Gasteiger partial charge in [0, 0.05) is 9.47 Å². The summed E-state index contributed by atoms with van der Waals surface area (Å²) in [6.45, 7) is 4.25. The lowest BCUT2D eigenvalue weighted by atomic mass is 9.90. The minimum atomic E-state index is -0.564. The molecule has 4 atom stereocenters. The molecule has 0 saturated carbocycles. The molecule has 18 heavy (non-hydrogen) atoms. The average Bonchev–Trinajstić information content (AvgIpc) is 2.40. The van der Waals surface area contributed by atoms with Gasteiger partial charge < -0.3 is 9.63 Å². The quantitative estimate of drug-likeness (QED) is 0.351. The minimum absolute atomic E-state index is 0.283. The highest BCUT2D eigenvalue weighted by molar-refractivity contribution is 7.09. The second-order valence-electron chi connectivity index (χ2n) is 5.10. The molecular weight excluding hydrogens is 243 g/mol. The molecule has 0 aromatic heterocycles. The van der Waals surface area contributed by atoms with E-state index in [1.54, 1.807) is 0 Å². The van der Waals surface area contributed by atoms with Gasteiger partial charge in [-0.1, -0.05) is 44.9 Å². The van der Waals surface area contributed by atoms with E-state index < -0.39 is 6.10 Å². The molecule has 0 saturated heterocycles. The summed E-state index contributed by atoms with van der Waals surface area (Å²) in [4.78, 5) is 0. The Kier molecular flexibility index (Phi) is 11.9. The molecule has 0 amide bonds. The first-order chi connectivity index (χ1) is 8.65. The molecule has 0 radical (unpaired) electrons. The first-order valence-electron chi connectivity index (χ1n) is 7.15. The maximum atomic E-state index is 9.77. The molecule has 1 N–H and O–H groups in total. The zero-order valence-corrected chi connectivity index (χ0v) is 13.1. The summed E-state index contributed by atoms with van der Waals surface area (Å²) >= 11 is 0. The third kappa shape index (κ3) is 8.92. The van der Waals surface area contributed by atoms with Gasteiger partial charge in [0.05, 0.1) is 6.10 Å². The third-order valence-corrected chi connectivity index (χ3v) is 3.93. The number of terminal acetylenes is 1. The van der Waals surface area contributed by atoms with E-state index in [9.17, 15) is 5.11 Å². The summed E-state index contributed by atoms with van der Waals surface area (Å²) in [6.07, 6.45) is 14.1. The molecule has 0 heterocycles. The number of aliphatic hydroxyl groups excluding tert-OH is 1. The predicted molar refractivity (Wildman–Crippen MR) is 81.2 cm³/mol. The van der Waals surface area contributed by atoms with Crippen molar-refractivity contribution in [3.8, 4) is 12.3 Å². The summed E-state index contributed by atoms with van der Waals surface area (Å²) in [6, 6.07) is 0. The molecule has 0 spiro atoms. The van der Waals surface area contributed by atoms with Crippen LogP contribution < -0.4 is 0 Å². The summed E-state index contributed by atoms with van der Waals surface area (Å²) in [5.41, 5.74) is 0. The standard InChI is InChI=1S/C15H29O2P/c1-4-6-11-14(15(16)5-2)12-9-7-8-10-13(3)17-18/h2,13-16H,4,6-12,18H2,1,3H3. The van der Waals surface area contributed by atoms with Crippen LogP contribution in [-0.2, 0) is 4.52 Å². The molecule has 106 valence electrons. The van der Waals surface area contributed by atoms with E-state index in [0.717, 1.165) is 38.5 Å². The highest BCUT2D eigenvalue weighted by atomic mass is 31.0. The smallest absolute Gasteiger partial charge is 0.117 e. The van der Waals surface area contributed by atoms with Crippen molar-refractivity contribution in [1.29, 1.82) is 0 Å². The van der Waals surface area contributed by atoms with Crippen molar-refractivity contribution in [3.05, 3.63) is 0 Å². The Labute approximate surface area is 115 Å². The zero-order valence-electron chi connectivity index (χ0n) is 11.9. The summed E-state index contributed by atoms with van der Waals surface area (Å²) in [5, 5.41) is 9.77. The zero-order chi connectivity index (χ0) is 13.8. The third-order valence-electron chi connectivity index (χ3n) is 3.46. The van der Waals surface area contributed by atoms with Crippen LogP contribution in [0.2, 0.25) is 0 Å². The molecular formula is C15H29O2P. The first kappa shape index (κ1) is 17.9. The fourth-order valence-electron chi connectivity index (χ4n) is 2.15. The molecule has 2 nitrogen and oxygen atoms in total. The Balaban J connectivity index is 3.73. The molecule has 4 unspecified atom stereocenters.